The molecule has 10 rings (SSSR count). The van der Waals surface area contributed by atoms with Crippen LogP contribution in [0.1, 0.15) is 108 Å². The summed E-state index contributed by atoms with van der Waals surface area (Å²) in [5.41, 5.74) is 14.9. The van der Waals surface area contributed by atoms with Gasteiger partial charge in [-0.15, -0.1) is 0 Å². The van der Waals surface area contributed by atoms with Gasteiger partial charge in [0, 0.05) is 122 Å². The van der Waals surface area contributed by atoms with Crippen LogP contribution in [0, 0.1) is 39.3 Å². The van der Waals surface area contributed by atoms with Gasteiger partial charge in [-0.2, -0.15) is 0 Å². The molecule has 2 saturated carbocycles. The number of aliphatic hydroxyl groups excluding tert-OH is 4. The molecule has 2 aromatic heterocycles. The SMILES string of the molecule is Cc1ccc(N(C)c2cc3nc(C4CC4)c(/C=C/[C@@H](O)C[C@@H](O)CC(=O)[O-])c(N(C)c4ccc(C)cc4)c3cc2F)cc1.Cc1ccc(N(C)c2cc3nc(C4CC4)c(/C=C/[C@@H](O)C[C@@H](O)CC(=O)[O-])c(N(C)c4ccc(C)cc4)c3cc2F)cc1.[Ca+2]. The van der Waals surface area contributed by atoms with E-state index in [1.54, 1.807) is 24.3 Å². The number of anilines is 8. The van der Waals surface area contributed by atoms with Crippen LogP contribution < -0.4 is 29.8 Å². The van der Waals surface area contributed by atoms with Crippen LogP contribution >= 0.6 is 0 Å². The van der Waals surface area contributed by atoms with Crippen molar-refractivity contribution in [3.63, 3.8) is 0 Å². The zero-order valence-electron chi connectivity index (χ0n) is 50.5. The van der Waals surface area contributed by atoms with Crippen LogP contribution in [-0.4, -0.2) is 133 Å². The van der Waals surface area contributed by atoms with Crippen LogP contribution in [0.2, 0.25) is 0 Å². The third-order valence-electron chi connectivity index (χ3n) is 16.0. The summed E-state index contributed by atoms with van der Waals surface area (Å²) in [6.07, 6.45) is 4.37. The first-order valence-electron chi connectivity index (χ1n) is 29.1. The van der Waals surface area contributed by atoms with Crippen molar-refractivity contribution in [2.75, 3.05) is 47.8 Å². The van der Waals surface area contributed by atoms with Crippen molar-refractivity contribution in [3.8, 4) is 0 Å². The zero-order valence-corrected chi connectivity index (χ0v) is 52.8. The molecule has 87 heavy (non-hydrogen) atoms. The van der Waals surface area contributed by atoms with E-state index in [2.05, 4.69) is 0 Å². The molecule has 8 aromatic rings. The van der Waals surface area contributed by atoms with E-state index < -0.39 is 60.8 Å². The molecule has 4 atom stereocenters. The van der Waals surface area contributed by atoms with Gasteiger partial charge in [0.15, 0.2) is 0 Å². The van der Waals surface area contributed by atoms with Gasteiger partial charge in [-0.3, -0.25) is 9.97 Å². The number of carboxylic acids is 2. The molecule has 0 amide bonds. The van der Waals surface area contributed by atoms with Gasteiger partial charge >= 0.3 is 37.7 Å². The number of nitrogens with zero attached hydrogens (tertiary/aromatic N) is 6. The second-order valence-corrected chi connectivity index (χ2v) is 23.1. The number of carbonyl (C=O) groups excluding carboxylic acids is 2. The fourth-order valence-electron chi connectivity index (χ4n) is 10.8. The topological polar surface area (TPSA) is 200 Å². The summed E-state index contributed by atoms with van der Waals surface area (Å²) in [7, 11) is 7.53. The molecule has 2 heterocycles. The van der Waals surface area contributed by atoms with Gasteiger partial charge in [0.2, 0.25) is 0 Å². The number of hydrogen-bond acceptors (Lipinski definition) is 14. The number of aromatic nitrogens is 2. The van der Waals surface area contributed by atoms with Crippen molar-refractivity contribution in [2.45, 2.75) is 115 Å². The Hall–Kier alpha value is -7.28. The fraction of sp³-hybridized carbons (Fsp3) is 0.314. The Bertz CT molecular complexity index is 3550. The first-order valence-corrected chi connectivity index (χ1v) is 29.1. The summed E-state index contributed by atoms with van der Waals surface area (Å²) < 4.78 is 31.9. The Morgan fingerprint density at radius 2 is 0.793 bits per heavy atom. The van der Waals surface area contributed by atoms with Gasteiger partial charge in [-0.05, 0) is 126 Å². The molecule has 0 aliphatic heterocycles. The third kappa shape index (κ3) is 16.3. The van der Waals surface area contributed by atoms with E-state index in [0.29, 0.717) is 33.2 Å². The largest absolute Gasteiger partial charge is 2.00 e. The minimum atomic E-state index is -1.38. The molecule has 2 aliphatic carbocycles. The van der Waals surface area contributed by atoms with Crippen molar-refractivity contribution in [3.05, 3.63) is 190 Å². The summed E-state index contributed by atoms with van der Waals surface area (Å²) in [5.74, 6) is -3.10. The molecule has 0 spiro atoms. The maximum Gasteiger partial charge on any atom is 2.00 e. The summed E-state index contributed by atoms with van der Waals surface area (Å²) in [6, 6.07) is 38.5. The molecular formula is C70H74CaF2N6O8. The Balaban J connectivity index is 0.000000223. The van der Waals surface area contributed by atoms with Crippen molar-refractivity contribution in [1.29, 1.82) is 0 Å². The van der Waals surface area contributed by atoms with Gasteiger partial charge in [-0.1, -0.05) is 95.1 Å². The standard InChI is InChI=1S/2C35H38FN3O4.Ca/c2*1-21-5-11-24(12-6-21)38(3)32-20-31-29(19-30(32)36)35(39(4)25-13-7-22(2)8-14-25)28(34(37-31)23-9-10-23)16-15-26(40)17-27(41)18-33(42)43;/h2*5-8,11-16,19-20,23,26-27,40-41H,9-10,17-18H2,1-4H3,(H,42,43);/q;;+2/p-2/b2*16-15+;/t2*26-,27-;/m11./s1. The van der Waals surface area contributed by atoms with Crippen molar-refractivity contribution < 1.29 is 49.0 Å². The molecule has 4 N–H and O–H groups in total. The average molecular weight is 1210 g/mol. The molecule has 2 aliphatic rings. The number of rotatable bonds is 22. The van der Waals surface area contributed by atoms with Crippen molar-refractivity contribution >= 4 is 129 Å². The molecule has 0 bridgehead atoms. The normalized spacial score (nSPS) is 14.5. The van der Waals surface area contributed by atoms with Crippen LogP contribution in [0.4, 0.5) is 54.3 Å². The number of aliphatic hydroxyl groups is 4. The molecule has 0 saturated heterocycles. The Kier molecular flexibility index (Phi) is 21.7. The number of aryl methyl sites for hydroxylation is 4. The number of fused-ring (bicyclic) bond motifs is 2. The van der Waals surface area contributed by atoms with E-state index in [4.69, 9.17) is 9.97 Å². The number of hydrogen-bond donors (Lipinski definition) is 4. The summed E-state index contributed by atoms with van der Waals surface area (Å²) >= 11 is 0. The molecular weight excluding hydrogens is 1130 g/mol. The number of carbonyl (C=O) groups is 2. The van der Waals surface area contributed by atoms with Crippen LogP contribution in [-0.2, 0) is 9.59 Å². The zero-order chi connectivity index (χ0) is 61.7. The quantitative estimate of drug-likeness (QED) is 0.0467. The molecule has 6 aromatic carbocycles. The van der Waals surface area contributed by atoms with Crippen molar-refractivity contribution in [2.24, 2.45) is 0 Å². The van der Waals surface area contributed by atoms with E-state index >= 15 is 8.78 Å². The number of carboxylic acid groups (broad SMARTS) is 2. The Morgan fingerprint density at radius 3 is 1.07 bits per heavy atom. The van der Waals surface area contributed by atoms with E-state index in [9.17, 15) is 40.2 Å². The van der Waals surface area contributed by atoms with Gasteiger partial charge in [0.1, 0.15) is 11.6 Å². The molecule has 17 heteroatoms. The number of pyridine rings is 2. The minimum absolute atomic E-state index is 0. The average Bonchev–Trinajstić information content (AvgIpc) is 1.95. The fourth-order valence-corrected chi connectivity index (χ4v) is 10.8. The molecule has 0 unspecified atom stereocenters. The number of halogens is 2. The van der Waals surface area contributed by atoms with Crippen LogP contribution in [0.15, 0.2) is 133 Å². The van der Waals surface area contributed by atoms with Crippen LogP contribution in [0.5, 0.6) is 0 Å². The van der Waals surface area contributed by atoms with E-state index in [0.717, 1.165) is 105 Å². The predicted octanol–water partition coefficient (Wildman–Crippen LogP) is 11.0. The molecule has 448 valence electrons. The van der Waals surface area contributed by atoms with Gasteiger partial charge in [0.05, 0.1) is 69.6 Å². The monoisotopic (exact) mass is 1200 g/mol. The third-order valence-corrected chi connectivity index (χ3v) is 16.0. The van der Waals surface area contributed by atoms with Crippen molar-refractivity contribution in [1.82, 2.24) is 9.97 Å². The maximum atomic E-state index is 16.0. The van der Waals surface area contributed by atoms with E-state index in [1.807, 2.05) is 173 Å². The van der Waals surface area contributed by atoms with E-state index in [1.165, 1.54) is 24.3 Å². The summed E-state index contributed by atoms with van der Waals surface area (Å²) in [4.78, 5) is 39.5. The molecule has 2 fully saturated rings. The Morgan fingerprint density at radius 1 is 0.506 bits per heavy atom. The van der Waals surface area contributed by atoms with Crippen LogP contribution in [0.25, 0.3) is 34.0 Å². The summed E-state index contributed by atoms with van der Waals surface area (Å²) in [6.45, 7) is 8.05. The van der Waals surface area contributed by atoms with Gasteiger partial charge < -0.3 is 59.8 Å². The number of benzene rings is 6. The maximum absolute atomic E-state index is 16.0. The number of aliphatic carboxylic acids is 2. The second-order valence-electron chi connectivity index (χ2n) is 23.1. The second kappa shape index (κ2) is 28.7. The Labute approximate surface area is 537 Å². The smallest absolute Gasteiger partial charge is 0.550 e. The van der Waals surface area contributed by atoms with Gasteiger partial charge in [0.25, 0.3) is 0 Å². The minimum Gasteiger partial charge on any atom is -0.550 e. The van der Waals surface area contributed by atoms with E-state index in [-0.39, 0.29) is 62.4 Å². The molecule has 0 radical (unpaired) electrons. The predicted molar refractivity (Wildman–Crippen MR) is 341 cm³/mol. The van der Waals surface area contributed by atoms with Gasteiger partial charge in [-0.25, -0.2) is 8.78 Å². The first-order chi connectivity index (χ1) is 41.0. The molecule has 14 nitrogen and oxygen atoms in total. The summed E-state index contributed by atoms with van der Waals surface area (Å²) in [5, 5.41) is 64.3. The first kappa shape index (κ1) is 65.7. The van der Waals surface area contributed by atoms with Crippen LogP contribution in [0.3, 0.4) is 0 Å².